The van der Waals surface area contributed by atoms with Crippen LogP contribution in [-0.4, -0.2) is 84.1 Å². The summed E-state index contributed by atoms with van der Waals surface area (Å²) in [5.74, 6) is 0.608. The number of ether oxygens (including phenoxy) is 2. The van der Waals surface area contributed by atoms with E-state index in [1.54, 1.807) is 23.5 Å². The molecule has 3 aromatic heterocycles. The number of benzene rings is 2. The van der Waals surface area contributed by atoms with Gasteiger partial charge < -0.3 is 24.6 Å². The van der Waals surface area contributed by atoms with Gasteiger partial charge in [-0.15, -0.1) is 11.3 Å². The smallest absolute Gasteiger partial charge is 0.255 e. The summed E-state index contributed by atoms with van der Waals surface area (Å²) < 4.78 is 12.7. The van der Waals surface area contributed by atoms with Crippen molar-refractivity contribution in [3.63, 3.8) is 0 Å². The summed E-state index contributed by atoms with van der Waals surface area (Å²) in [4.78, 5) is 54.1. The van der Waals surface area contributed by atoms with Crippen molar-refractivity contribution in [2.45, 2.75) is 25.4 Å². The highest BCUT2D eigenvalue weighted by Gasteiger charge is 2.39. The van der Waals surface area contributed by atoms with Crippen LogP contribution >= 0.6 is 11.3 Å². The van der Waals surface area contributed by atoms with Crippen LogP contribution in [0.15, 0.2) is 73.1 Å². The molecule has 7 rings (SSSR count). The van der Waals surface area contributed by atoms with Crippen molar-refractivity contribution in [2.24, 2.45) is 0 Å². The molecule has 3 amide bonds. The molecular formula is C36H35N7O5S. The van der Waals surface area contributed by atoms with E-state index in [0.29, 0.717) is 50.6 Å². The number of nitrogens with zero attached hydrogens (tertiary/aromatic N) is 5. The van der Waals surface area contributed by atoms with E-state index in [2.05, 4.69) is 26.7 Å². The fraction of sp³-hybridized carbons (Fsp3) is 0.278. The molecule has 2 N–H and O–H groups in total. The summed E-state index contributed by atoms with van der Waals surface area (Å²) in [6, 6.07) is 18.8. The first kappa shape index (κ1) is 32.2. The summed E-state index contributed by atoms with van der Waals surface area (Å²) in [6.07, 6.45) is 4.25. The van der Waals surface area contributed by atoms with Crippen molar-refractivity contribution in [3.05, 3.63) is 84.2 Å². The monoisotopic (exact) mass is 677 g/mol. The maximum Gasteiger partial charge on any atom is 0.255 e. The van der Waals surface area contributed by atoms with Gasteiger partial charge in [-0.1, -0.05) is 0 Å². The van der Waals surface area contributed by atoms with Gasteiger partial charge in [-0.3, -0.25) is 24.7 Å². The highest BCUT2D eigenvalue weighted by atomic mass is 32.1. The first-order chi connectivity index (χ1) is 23.8. The number of imide groups is 1. The normalized spacial score (nSPS) is 15.8. The molecule has 49 heavy (non-hydrogen) atoms. The Kier molecular flexibility index (Phi) is 9.18. The van der Waals surface area contributed by atoms with Crippen molar-refractivity contribution in [1.29, 1.82) is 0 Å². The Morgan fingerprint density at radius 3 is 2.59 bits per heavy atom. The molecule has 2 aromatic carbocycles. The zero-order valence-electron chi connectivity index (χ0n) is 27.1. The van der Waals surface area contributed by atoms with Crippen LogP contribution in [0.1, 0.15) is 28.8 Å². The Balaban J connectivity index is 0.852. The van der Waals surface area contributed by atoms with Crippen LogP contribution in [0.3, 0.4) is 0 Å². The van der Waals surface area contributed by atoms with Crippen molar-refractivity contribution in [3.8, 4) is 27.6 Å². The number of hydrogen-bond donors (Lipinski definition) is 2. The van der Waals surface area contributed by atoms with Gasteiger partial charge in [-0.2, -0.15) is 0 Å². The third-order valence-corrected chi connectivity index (χ3v) is 9.53. The second-order valence-corrected chi connectivity index (χ2v) is 13.1. The predicted molar refractivity (Wildman–Crippen MR) is 188 cm³/mol. The largest absolute Gasteiger partial charge is 0.491 e. The second kappa shape index (κ2) is 14.0. The first-order valence-electron chi connectivity index (χ1n) is 16.1. The fourth-order valence-electron chi connectivity index (χ4n) is 5.88. The van der Waals surface area contributed by atoms with Crippen LogP contribution in [0, 0.1) is 0 Å². The Hall–Kier alpha value is -5.40. The first-order valence-corrected chi connectivity index (χ1v) is 16.9. The Morgan fingerprint density at radius 2 is 1.82 bits per heavy atom. The summed E-state index contributed by atoms with van der Waals surface area (Å²) in [7, 11) is 3.93. The second-order valence-electron chi connectivity index (χ2n) is 12.0. The molecule has 0 aliphatic carbocycles. The van der Waals surface area contributed by atoms with E-state index in [1.807, 2.05) is 73.9 Å². The van der Waals surface area contributed by atoms with Gasteiger partial charge in [0.05, 0.1) is 29.1 Å². The molecule has 5 heterocycles. The van der Waals surface area contributed by atoms with E-state index in [-0.39, 0.29) is 18.2 Å². The lowest BCUT2D eigenvalue weighted by Gasteiger charge is -2.29. The minimum absolute atomic E-state index is 0.204. The van der Waals surface area contributed by atoms with E-state index < -0.39 is 11.9 Å². The molecule has 1 saturated heterocycles. The van der Waals surface area contributed by atoms with Gasteiger partial charge in [0.2, 0.25) is 11.8 Å². The van der Waals surface area contributed by atoms with Gasteiger partial charge in [0.15, 0.2) is 0 Å². The lowest BCUT2D eigenvalue weighted by atomic mass is 10.0. The van der Waals surface area contributed by atoms with E-state index in [0.717, 1.165) is 49.1 Å². The third-order valence-electron chi connectivity index (χ3n) is 8.47. The zero-order chi connectivity index (χ0) is 33.9. The van der Waals surface area contributed by atoms with E-state index in [1.165, 1.54) is 4.90 Å². The van der Waals surface area contributed by atoms with Crippen LogP contribution in [0.25, 0.3) is 32.0 Å². The van der Waals surface area contributed by atoms with Crippen LogP contribution in [0.5, 0.6) is 5.75 Å². The molecule has 0 bridgehead atoms. The van der Waals surface area contributed by atoms with Crippen molar-refractivity contribution in [1.82, 2.24) is 25.2 Å². The average Bonchev–Trinajstić information content (AvgIpc) is 3.68. The van der Waals surface area contributed by atoms with Crippen molar-refractivity contribution < 1.29 is 23.9 Å². The fourth-order valence-corrected chi connectivity index (χ4v) is 6.87. The minimum Gasteiger partial charge on any atom is -0.491 e. The number of aromatic nitrogens is 3. The molecule has 0 spiro atoms. The molecule has 2 aliphatic rings. The van der Waals surface area contributed by atoms with Crippen molar-refractivity contribution in [2.75, 3.05) is 50.7 Å². The molecular weight excluding hydrogens is 643 g/mol. The number of anilines is 2. The maximum absolute atomic E-state index is 12.9. The maximum atomic E-state index is 12.9. The Labute approximate surface area is 287 Å². The molecule has 2 aliphatic heterocycles. The van der Waals surface area contributed by atoms with Gasteiger partial charge in [-0.05, 0) is 72.6 Å². The van der Waals surface area contributed by atoms with Gasteiger partial charge in [-0.25, -0.2) is 9.97 Å². The van der Waals surface area contributed by atoms with Gasteiger partial charge >= 0.3 is 0 Å². The summed E-state index contributed by atoms with van der Waals surface area (Å²) in [5, 5.41) is 6.65. The Morgan fingerprint density at radius 1 is 0.959 bits per heavy atom. The van der Waals surface area contributed by atoms with Gasteiger partial charge in [0, 0.05) is 68.4 Å². The SMILES string of the molecule is CN(C)c1ccc(-c2ccc(-c3nc4ccc(NCCOCCOc5ccc6c(c5)CN(C5CCC(=O)NC5=O)C6=O)cc4s3)cn2)cn1. The van der Waals surface area contributed by atoms with Crippen molar-refractivity contribution >= 4 is 50.8 Å². The summed E-state index contributed by atoms with van der Waals surface area (Å²) in [5.41, 5.74) is 6.08. The molecule has 12 nitrogen and oxygen atoms in total. The van der Waals surface area contributed by atoms with Gasteiger partial charge in [0.1, 0.15) is 29.2 Å². The van der Waals surface area contributed by atoms with Crippen LogP contribution in [-0.2, 0) is 20.9 Å². The number of carbonyl (C=O) groups is 3. The number of thiazole rings is 1. The van der Waals surface area contributed by atoms with Crippen LogP contribution < -0.4 is 20.3 Å². The molecule has 5 aromatic rings. The van der Waals surface area contributed by atoms with E-state index in [4.69, 9.17) is 14.5 Å². The summed E-state index contributed by atoms with van der Waals surface area (Å²) >= 11 is 1.63. The molecule has 13 heteroatoms. The summed E-state index contributed by atoms with van der Waals surface area (Å²) in [6.45, 7) is 2.20. The predicted octanol–water partition coefficient (Wildman–Crippen LogP) is 4.75. The number of rotatable bonds is 12. The number of amides is 3. The number of fused-ring (bicyclic) bond motifs is 2. The zero-order valence-corrected chi connectivity index (χ0v) is 28.0. The van der Waals surface area contributed by atoms with Crippen LogP contribution in [0.2, 0.25) is 0 Å². The average molecular weight is 678 g/mol. The molecule has 0 saturated carbocycles. The van der Waals surface area contributed by atoms with E-state index in [9.17, 15) is 14.4 Å². The lowest BCUT2D eigenvalue weighted by molar-refractivity contribution is -0.136. The molecule has 0 radical (unpaired) electrons. The molecule has 250 valence electrons. The number of carbonyl (C=O) groups excluding carboxylic acids is 3. The Bertz CT molecular complexity index is 2010. The molecule has 1 atom stereocenters. The topological polar surface area (TPSA) is 139 Å². The standard InChI is InChI=1S/C36H35N7O5S/c1-42(2)32-11-4-22(19-39-32)28-8-3-23(20-38-28)35-40-29-9-5-25(18-31(29)49-35)37-13-14-47-15-16-48-26-6-7-27-24(17-26)21-43(36(27)46)30-10-12-33(44)41-34(30)45/h3-9,11,17-20,30,37H,10,12-16,21H2,1-2H3,(H,41,44,45). The molecule has 1 fully saturated rings. The van der Waals surface area contributed by atoms with E-state index >= 15 is 0 Å². The number of nitrogens with one attached hydrogen (secondary N) is 2. The highest BCUT2D eigenvalue weighted by molar-refractivity contribution is 7.21. The number of pyridine rings is 2. The van der Waals surface area contributed by atoms with Gasteiger partial charge in [0.25, 0.3) is 5.91 Å². The molecule has 1 unspecified atom stereocenters. The lowest BCUT2D eigenvalue weighted by Crippen LogP contribution is -2.52. The third kappa shape index (κ3) is 7.08. The number of hydrogen-bond acceptors (Lipinski definition) is 11. The quantitative estimate of drug-likeness (QED) is 0.141. The number of piperidine rings is 1. The minimum atomic E-state index is -0.637. The van der Waals surface area contributed by atoms with Crippen LogP contribution in [0.4, 0.5) is 11.5 Å². The highest BCUT2D eigenvalue weighted by Crippen LogP contribution is 2.33.